The molecule has 1 nitrogen and oxygen atoms in total. The van der Waals surface area contributed by atoms with E-state index >= 15 is 0 Å². The van der Waals surface area contributed by atoms with Crippen molar-refractivity contribution in [3.63, 3.8) is 0 Å². The lowest BCUT2D eigenvalue weighted by atomic mass is 9.83. The van der Waals surface area contributed by atoms with E-state index in [0.29, 0.717) is 21.9 Å². The fraction of sp³-hybridized carbons (Fsp3) is 0. The van der Waals surface area contributed by atoms with Crippen LogP contribution in [0, 0.1) is 0 Å². The van der Waals surface area contributed by atoms with Gasteiger partial charge in [-0.05, 0) is 111 Å². The van der Waals surface area contributed by atoms with E-state index in [-0.39, 0.29) is 32.7 Å². The average Bonchev–Trinajstić information content (AvgIpc) is 3.71. The molecule has 0 saturated carbocycles. The van der Waals surface area contributed by atoms with Crippen LogP contribution in [0.5, 0.6) is 0 Å². The van der Waals surface area contributed by atoms with Crippen LogP contribution in [-0.2, 0) is 0 Å². The van der Waals surface area contributed by atoms with Crippen molar-refractivity contribution in [3.05, 3.63) is 182 Å². The van der Waals surface area contributed by atoms with Crippen molar-refractivity contribution in [3.8, 4) is 33.4 Å². The van der Waals surface area contributed by atoms with Crippen LogP contribution in [0.15, 0.2) is 186 Å². The highest BCUT2D eigenvalue weighted by atomic mass is 16.3. The maximum absolute atomic E-state index is 9.52. The number of hydrogen-bond donors (Lipinski definition) is 0. The number of benzene rings is 10. The van der Waals surface area contributed by atoms with Crippen molar-refractivity contribution in [2.24, 2.45) is 0 Å². The molecule has 0 aliphatic carbocycles. The molecule has 236 valence electrons. The summed E-state index contributed by atoms with van der Waals surface area (Å²) in [4.78, 5) is 0. The van der Waals surface area contributed by atoms with Gasteiger partial charge in [0, 0.05) is 10.8 Å². The van der Waals surface area contributed by atoms with E-state index in [2.05, 4.69) is 12.1 Å². The first-order chi connectivity index (χ1) is 31.5. The van der Waals surface area contributed by atoms with Gasteiger partial charge in [-0.3, -0.25) is 0 Å². The van der Waals surface area contributed by atoms with Crippen molar-refractivity contribution in [2.75, 3.05) is 0 Å². The van der Waals surface area contributed by atoms with E-state index in [4.69, 9.17) is 16.8 Å². The molecular formula is C50H30O. The van der Waals surface area contributed by atoms with Gasteiger partial charge in [0.05, 0.1) is 20.6 Å². The lowest BCUT2D eigenvalue weighted by molar-refractivity contribution is 0.669. The zero-order valence-electron chi connectivity index (χ0n) is 41.6. The summed E-state index contributed by atoms with van der Waals surface area (Å²) < 4.78 is 142. The summed E-state index contributed by atoms with van der Waals surface area (Å²) in [6.07, 6.45) is 0. The van der Waals surface area contributed by atoms with Crippen LogP contribution in [0.3, 0.4) is 0 Å². The Morgan fingerprint density at radius 2 is 0.980 bits per heavy atom. The molecule has 11 rings (SSSR count). The molecule has 0 fully saturated rings. The molecule has 0 aliphatic rings. The molecule has 1 aromatic heterocycles. The Bertz CT molecular complexity index is 3980. The van der Waals surface area contributed by atoms with Crippen molar-refractivity contribution in [2.45, 2.75) is 0 Å². The van der Waals surface area contributed by atoms with Crippen LogP contribution in [-0.4, -0.2) is 0 Å². The predicted molar refractivity (Wildman–Crippen MR) is 218 cm³/mol. The lowest BCUT2D eigenvalue weighted by Gasteiger charge is -2.20. The number of rotatable bonds is 3. The fourth-order valence-corrected chi connectivity index (χ4v) is 7.53. The van der Waals surface area contributed by atoms with Gasteiger partial charge >= 0.3 is 0 Å². The lowest BCUT2D eigenvalue weighted by Crippen LogP contribution is -1.92. The van der Waals surface area contributed by atoms with Gasteiger partial charge < -0.3 is 4.42 Å². The van der Waals surface area contributed by atoms with E-state index in [1.54, 1.807) is 12.1 Å². The Balaban J connectivity index is 1.31. The number of furan rings is 1. The van der Waals surface area contributed by atoms with Crippen molar-refractivity contribution in [1.29, 1.82) is 0 Å². The van der Waals surface area contributed by atoms with Crippen LogP contribution in [0.25, 0.3) is 109 Å². The molecule has 0 bridgehead atoms. The van der Waals surface area contributed by atoms with Crippen LogP contribution < -0.4 is 0 Å². The van der Waals surface area contributed by atoms with Gasteiger partial charge in [-0.25, -0.2) is 0 Å². The van der Waals surface area contributed by atoms with Crippen LogP contribution in [0.1, 0.15) is 20.6 Å². The quantitative estimate of drug-likeness (QED) is 0.172. The monoisotopic (exact) mass is 661 g/mol. The smallest absolute Gasteiger partial charge is 0.136 e. The van der Waals surface area contributed by atoms with Crippen molar-refractivity contribution in [1.82, 2.24) is 0 Å². The van der Waals surface area contributed by atoms with Gasteiger partial charge in [-0.2, -0.15) is 0 Å². The van der Waals surface area contributed by atoms with Crippen LogP contribution >= 0.6 is 0 Å². The third kappa shape index (κ3) is 4.22. The minimum atomic E-state index is -0.738. The molecule has 0 unspecified atom stereocenters. The van der Waals surface area contributed by atoms with Gasteiger partial charge in [-0.15, -0.1) is 0 Å². The number of fused-ring (bicyclic) bond motifs is 9. The Kier molecular flexibility index (Phi) is 3.70. The fourth-order valence-electron chi connectivity index (χ4n) is 7.53. The van der Waals surface area contributed by atoms with Gasteiger partial charge in [0.1, 0.15) is 11.2 Å². The number of hydrogen-bond acceptors (Lipinski definition) is 1. The standard InChI is InChI=1S/C50H30O/c1-2-13-33-29-35(22-21-31(33)11-1)48-40-17-7-9-19-42(40)49(43-20-10-8-18-41(43)48)44-26-25-36(38-15-5-6-16-39(38)44)34-24-27-46-45(30-34)50-37-14-4-3-12-32(37)23-28-47(50)51-46/h1-30H/i1D,2D,7D,8D,9D,10D,11D,13D,17D,18D,19D,20D,21D,22D,29D. The molecule has 1 heterocycles. The summed E-state index contributed by atoms with van der Waals surface area (Å²) >= 11 is 0. The first-order valence-corrected chi connectivity index (χ1v) is 16.4. The molecule has 0 radical (unpaired) electrons. The minimum absolute atomic E-state index is 0.0418. The molecule has 0 N–H and O–H groups in total. The Hall–Kier alpha value is -6.70. The summed E-state index contributed by atoms with van der Waals surface area (Å²) in [5.74, 6) is 0. The second kappa shape index (κ2) is 10.9. The minimum Gasteiger partial charge on any atom is -0.456 e. The van der Waals surface area contributed by atoms with E-state index in [9.17, 15) is 8.22 Å². The van der Waals surface area contributed by atoms with E-state index in [1.165, 1.54) is 0 Å². The molecule has 0 aliphatic heterocycles. The predicted octanol–water partition coefficient (Wildman–Crippen LogP) is 14.4. The third-order valence-electron chi connectivity index (χ3n) is 9.74. The van der Waals surface area contributed by atoms with E-state index in [0.717, 1.165) is 38.3 Å². The van der Waals surface area contributed by atoms with Crippen molar-refractivity contribution < 1.29 is 25.0 Å². The molecule has 11 aromatic rings. The van der Waals surface area contributed by atoms with Gasteiger partial charge in [0.25, 0.3) is 0 Å². The molecule has 0 amide bonds. The third-order valence-corrected chi connectivity index (χ3v) is 9.74. The highest BCUT2D eigenvalue weighted by molar-refractivity contribution is 6.25. The molecule has 0 atom stereocenters. The topological polar surface area (TPSA) is 13.1 Å². The molecule has 0 saturated heterocycles. The van der Waals surface area contributed by atoms with E-state index in [1.807, 2.05) is 66.7 Å². The maximum atomic E-state index is 9.52. The summed E-state index contributed by atoms with van der Waals surface area (Å²) in [5, 5.41) is 3.45. The first-order valence-electron chi connectivity index (χ1n) is 23.9. The van der Waals surface area contributed by atoms with Crippen LogP contribution in [0.2, 0.25) is 0 Å². The summed E-state index contributed by atoms with van der Waals surface area (Å²) in [7, 11) is 0. The first kappa shape index (κ1) is 17.3. The molecule has 0 spiro atoms. The summed E-state index contributed by atoms with van der Waals surface area (Å²) in [6, 6.07) is 18.9. The molecular weight excluding hydrogens is 617 g/mol. The second-order valence-corrected chi connectivity index (χ2v) is 12.4. The van der Waals surface area contributed by atoms with Gasteiger partial charge in [0.2, 0.25) is 0 Å². The molecule has 51 heavy (non-hydrogen) atoms. The zero-order chi connectivity index (χ0) is 46.5. The van der Waals surface area contributed by atoms with E-state index < -0.39 is 107 Å². The zero-order valence-corrected chi connectivity index (χ0v) is 26.6. The maximum Gasteiger partial charge on any atom is 0.136 e. The summed E-state index contributed by atoms with van der Waals surface area (Å²) in [6.45, 7) is 0. The Morgan fingerprint density at radius 1 is 0.373 bits per heavy atom. The average molecular weight is 662 g/mol. The van der Waals surface area contributed by atoms with Gasteiger partial charge in [0.15, 0.2) is 0 Å². The normalized spacial score (nSPS) is 16.0. The summed E-state index contributed by atoms with van der Waals surface area (Å²) in [5.41, 5.74) is 2.60. The van der Waals surface area contributed by atoms with Gasteiger partial charge in [-0.1, -0.05) is 157 Å². The second-order valence-electron chi connectivity index (χ2n) is 12.4. The Labute approximate surface area is 315 Å². The highest BCUT2D eigenvalue weighted by Crippen LogP contribution is 2.47. The molecule has 10 aromatic carbocycles. The highest BCUT2D eigenvalue weighted by Gasteiger charge is 2.20. The van der Waals surface area contributed by atoms with Crippen molar-refractivity contribution >= 4 is 75.8 Å². The SMILES string of the molecule is [2H]c1c([2H])c([2H])c2c([2H])c(-c3c4c([2H])c([2H])c([2H])c([2H])c4c(-c4ccc(-c5ccc6oc7ccc8ccccc8c7c6c5)c5ccccc45)c4c([2H])c([2H])c([2H])c([2H])c34)c([2H])c([2H])c2c1[2H]. The van der Waals surface area contributed by atoms with Crippen LogP contribution in [0.4, 0.5) is 0 Å². The Morgan fingerprint density at radius 3 is 1.75 bits per heavy atom. The largest absolute Gasteiger partial charge is 0.456 e. The molecule has 1 heteroatoms.